The highest BCUT2D eigenvalue weighted by molar-refractivity contribution is 5.89. The zero-order chi connectivity index (χ0) is 20.1. The fourth-order valence-electron chi connectivity index (χ4n) is 4.03. The van der Waals surface area contributed by atoms with Crippen molar-refractivity contribution in [1.29, 1.82) is 0 Å². The van der Waals surface area contributed by atoms with Gasteiger partial charge < -0.3 is 0 Å². The molecule has 0 bridgehead atoms. The van der Waals surface area contributed by atoms with E-state index in [1.54, 1.807) is 35.4 Å². The summed E-state index contributed by atoms with van der Waals surface area (Å²) >= 11 is 0. The van der Waals surface area contributed by atoms with Gasteiger partial charge in [-0.2, -0.15) is 5.10 Å². The summed E-state index contributed by atoms with van der Waals surface area (Å²) in [6, 6.07) is 6.53. The standard InChI is InChI=1S/C20H20FN5O2/c1-11-7-12(2)23-19(22-11)26-10-14-8-20(18(27)25-28,9-17(14)24-26)15-5-4-6-16(21)13(15)3/h4-7,10,28H,8-9H2,1-3H3,(H,25,27). The predicted octanol–water partition coefficient (Wildman–Crippen LogP) is 2.27. The molecule has 3 aromatic rings. The molecule has 1 aromatic carbocycles. The van der Waals surface area contributed by atoms with E-state index >= 15 is 0 Å². The lowest BCUT2D eigenvalue weighted by atomic mass is 9.75. The number of carbonyl (C=O) groups excluding carboxylic acids is 1. The molecule has 1 aliphatic rings. The van der Waals surface area contributed by atoms with Crippen molar-refractivity contribution < 1.29 is 14.4 Å². The van der Waals surface area contributed by atoms with Gasteiger partial charge in [-0.15, -0.1) is 0 Å². The number of fused-ring (bicyclic) bond motifs is 1. The second-order valence-corrected chi connectivity index (χ2v) is 7.29. The highest BCUT2D eigenvalue weighted by Gasteiger charge is 2.48. The topological polar surface area (TPSA) is 92.9 Å². The average Bonchev–Trinajstić information content (AvgIpc) is 3.19. The molecule has 2 heterocycles. The molecule has 2 N–H and O–H groups in total. The largest absolute Gasteiger partial charge is 0.289 e. The maximum Gasteiger partial charge on any atom is 0.254 e. The minimum absolute atomic E-state index is 0.247. The molecule has 7 nitrogen and oxygen atoms in total. The van der Waals surface area contributed by atoms with E-state index in [4.69, 9.17) is 0 Å². The molecule has 0 fully saturated rings. The number of aryl methyl sites for hydroxylation is 2. The summed E-state index contributed by atoms with van der Waals surface area (Å²) in [5.74, 6) is -0.500. The highest BCUT2D eigenvalue weighted by atomic mass is 19.1. The number of rotatable bonds is 3. The van der Waals surface area contributed by atoms with Crippen LogP contribution in [0.2, 0.25) is 0 Å². The minimum Gasteiger partial charge on any atom is -0.289 e. The van der Waals surface area contributed by atoms with E-state index in [1.807, 2.05) is 19.9 Å². The number of hydroxylamine groups is 1. The Kier molecular flexibility index (Phi) is 4.23. The Morgan fingerprint density at radius 1 is 1.21 bits per heavy atom. The van der Waals surface area contributed by atoms with Gasteiger partial charge in [-0.3, -0.25) is 10.0 Å². The number of benzene rings is 1. The van der Waals surface area contributed by atoms with Crippen LogP contribution < -0.4 is 5.48 Å². The summed E-state index contributed by atoms with van der Waals surface area (Å²) in [4.78, 5) is 21.5. The van der Waals surface area contributed by atoms with E-state index in [2.05, 4.69) is 15.1 Å². The number of nitrogens with one attached hydrogen (secondary N) is 1. The fourth-order valence-corrected chi connectivity index (χ4v) is 4.03. The van der Waals surface area contributed by atoms with Gasteiger partial charge in [0.05, 0.1) is 11.1 Å². The van der Waals surface area contributed by atoms with Crippen LogP contribution in [-0.2, 0) is 23.1 Å². The summed E-state index contributed by atoms with van der Waals surface area (Å²) in [7, 11) is 0. The van der Waals surface area contributed by atoms with Gasteiger partial charge in [0.25, 0.3) is 11.9 Å². The summed E-state index contributed by atoms with van der Waals surface area (Å²) in [5.41, 5.74) is 4.80. The van der Waals surface area contributed by atoms with Crippen molar-refractivity contribution in [2.75, 3.05) is 0 Å². The number of aromatic nitrogens is 4. The second kappa shape index (κ2) is 6.49. The Balaban J connectivity index is 1.77. The second-order valence-electron chi connectivity index (χ2n) is 7.29. The number of amides is 1. The third-order valence-corrected chi connectivity index (χ3v) is 5.33. The Morgan fingerprint density at radius 3 is 2.57 bits per heavy atom. The number of carbonyl (C=O) groups is 1. The molecule has 8 heteroatoms. The molecule has 144 valence electrons. The van der Waals surface area contributed by atoms with E-state index in [1.165, 1.54) is 6.07 Å². The van der Waals surface area contributed by atoms with Gasteiger partial charge >= 0.3 is 0 Å². The molecule has 4 rings (SSSR count). The average molecular weight is 381 g/mol. The number of nitrogens with zero attached hydrogens (tertiary/aromatic N) is 4. The summed E-state index contributed by atoms with van der Waals surface area (Å²) in [6.07, 6.45) is 2.34. The zero-order valence-electron chi connectivity index (χ0n) is 15.8. The van der Waals surface area contributed by atoms with Crippen LogP contribution in [0.15, 0.2) is 30.5 Å². The Labute approximate surface area is 161 Å². The minimum atomic E-state index is -1.11. The molecule has 1 unspecified atom stereocenters. The Morgan fingerprint density at radius 2 is 1.93 bits per heavy atom. The summed E-state index contributed by atoms with van der Waals surface area (Å²) in [5, 5.41) is 13.9. The Hall–Kier alpha value is -3.13. The van der Waals surface area contributed by atoms with Crippen molar-refractivity contribution in [2.24, 2.45) is 0 Å². The first-order chi connectivity index (χ1) is 13.3. The third-order valence-electron chi connectivity index (χ3n) is 5.33. The molecular weight excluding hydrogens is 361 g/mol. The normalized spacial score (nSPS) is 18.2. The number of hydrogen-bond donors (Lipinski definition) is 2. The van der Waals surface area contributed by atoms with Crippen molar-refractivity contribution >= 4 is 5.91 Å². The van der Waals surface area contributed by atoms with Gasteiger partial charge in [-0.1, -0.05) is 12.1 Å². The van der Waals surface area contributed by atoms with Crippen molar-refractivity contribution in [3.05, 3.63) is 70.1 Å². The Bertz CT molecular complexity index is 1050. The van der Waals surface area contributed by atoms with Crippen LogP contribution in [0.25, 0.3) is 5.95 Å². The molecule has 28 heavy (non-hydrogen) atoms. The predicted molar refractivity (Wildman–Crippen MR) is 98.8 cm³/mol. The van der Waals surface area contributed by atoms with E-state index in [0.717, 1.165) is 17.0 Å². The number of halogens is 1. The molecule has 0 radical (unpaired) electrons. The van der Waals surface area contributed by atoms with Gasteiger partial charge in [0.1, 0.15) is 5.82 Å². The lowest BCUT2D eigenvalue weighted by Crippen LogP contribution is -2.45. The lowest BCUT2D eigenvalue weighted by molar-refractivity contribution is -0.135. The van der Waals surface area contributed by atoms with Crippen LogP contribution in [-0.4, -0.2) is 30.9 Å². The van der Waals surface area contributed by atoms with E-state index in [0.29, 0.717) is 29.2 Å². The van der Waals surface area contributed by atoms with Gasteiger partial charge in [-0.25, -0.2) is 24.5 Å². The first kappa shape index (κ1) is 18.2. The van der Waals surface area contributed by atoms with E-state index in [-0.39, 0.29) is 12.2 Å². The van der Waals surface area contributed by atoms with Gasteiger partial charge in [0.2, 0.25) is 0 Å². The van der Waals surface area contributed by atoms with Crippen molar-refractivity contribution in [1.82, 2.24) is 25.2 Å². The maximum atomic E-state index is 14.2. The first-order valence-corrected chi connectivity index (χ1v) is 8.94. The van der Waals surface area contributed by atoms with Crippen LogP contribution >= 0.6 is 0 Å². The first-order valence-electron chi connectivity index (χ1n) is 8.94. The molecule has 1 aliphatic carbocycles. The third kappa shape index (κ3) is 2.77. The molecule has 1 atom stereocenters. The molecule has 0 saturated heterocycles. The van der Waals surface area contributed by atoms with Crippen molar-refractivity contribution in [3.8, 4) is 5.95 Å². The molecule has 0 saturated carbocycles. The van der Waals surface area contributed by atoms with Gasteiger partial charge in [0.15, 0.2) is 0 Å². The van der Waals surface area contributed by atoms with Crippen LogP contribution in [0, 0.1) is 26.6 Å². The summed E-state index contributed by atoms with van der Waals surface area (Å²) in [6.45, 7) is 5.41. The molecule has 1 amide bonds. The van der Waals surface area contributed by atoms with Gasteiger partial charge in [0, 0.05) is 24.0 Å². The number of hydrogen-bond acceptors (Lipinski definition) is 5. The molecular formula is C20H20FN5O2. The zero-order valence-corrected chi connectivity index (χ0v) is 15.8. The monoisotopic (exact) mass is 381 g/mol. The fraction of sp³-hybridized carbons (Fsp3) is 0.300. The van der Waals surface area contributed by atoms with Crippen LogP contribution in [0.4, 0.5) is 4.39 Å². The lowest BCUT2D eigenvalue weighted by Gasteiger charge is -2.28. The van der Waals surface area contributed by atoms with Crippen molar-refractivity contribution in [3.63, 3.8) is 0 Å². The molecule has 0 aliphatic heterocycles. The van der Waals surface area contributed by atoms with E-state index < -0.39 is 11.3 Å². The van der Waals surface area contributed by atoms with Crippen LogP contribution in [0.3, 0.4) is 0 Å². The van der Waals surface area contributed by atoms with Crippen LogP contribution in [0.5, 0.6) is 0 Å². The van der Waals surface area contributed by atoms with Gasteiger partial charge in [-0.05, 0) is 56.0 Å². The summed E-state index contributed by atoms with van der Waals surface area (Å²) < 4.78 is 15.8. The van der Waals surface area contributed by atoms with Crippen molar-refractivity contribution in [2.45, 2.75) is 39.0 Å². The smallest absolute Gasteiger partial charge is 0.254 e. The maximum absolute atomic E-state index is 14.2. The quantitative estimate of drug-likeness (QED) is 0.536. The van der Waals surface area contributed by atoms with E-state index in [9.17, 15) is 14.4 Å². The van der Waals surface area contributed by atoms with Crippen LogP contribution in [0.1, 0.15) is 33.8 Å². The SMILES string of the molecule is Cc1cc(C)nc(-n2cc3c(n2)CC(C(=O)NO)(c2cccc(F)c2C)C3)n1. The molecule has 2 aromatic heterocycles. The highest BCUT2D eigenvalue weighted by Crippen LogP contribution is 2.41. The molecule has 0 spiro atoms.